The summed E-state index contributed by atoms with van der Waals surface area (Å²) in [6.07, 6.45) is 3.52. The molecule has 0 radical (unpaired) electrons. The Hall–Kier alpha value is -1.33. The van der Waals surface area contributed by atoms with Crippen LogP contribution >= 0.6 is 23.4 Å². The first kappa shape index (κ1) is 17.5. The highest BCUT2D eigenvalue weighted by Crippen LogP contribution is 2.31. The van der Waals surface area contributed by atoms with E-state index in [-0.39, 0.29) is 16.6 Å². The second kappa shape index (κ2) is 7.28. The number of hydrogen-bond donors (Lipinski definition) is 0. The van der Waals surface area contributed by atoms with Crippen LogP contribution in [0.4, 0.5) is 0 Å². The van der Waals surface area contributed by atoms with Crippen LogP contribution in [0.25, 0.3) is 10.9 Å². The fourth-order valence-corrected chi connectivity index (χ4v) is 4.39. The van der Waals surface area contributed by atoms with Crippen LogP contribution in [0.3, 0.4) is 0 Å². The number of Topliss-reactive ketones (excluding diaryl/α,β-unsaturated/α-hetero) is 1. The van der Waals surface area contributed by atoms with E-state index in [1.165, 1.54) is 11.8 Å². The molecule has 1 aromatic heterocycles. The van der Waals surface area contributed by atoms with Gasteiger partial charge in [0.25, 0.3) is 5.56 Å². The van der Waals surface area contributed by atoms with Crippen molar-refractivity contribution in [2.75, 3.05) is 0 Å². The molecule has 0 amide bonds. The van der Waals surface area contributed by atoms with Crippen molar-refractivity contribution in [3.63, 3.8) is 0 Å². The number of hydrogen-bond acceptors (Lipinski definition) is 4. The second-order valence-corrected chi connectivity index (χ2v) is 8.29. The average Bonchev–Trinajstić information content (AvgIpc) is 2.54. The van der Waals surface area contributed by atoms with Crippen molar-refractivity contribution in [2.45, 2.75) is 56.5 Å². The molecule has 0 saturated heterocycles. The lowest BCUT2D eigenvalue weighted by molar-refractivity contribution is -0.119. The standard InChI is InChI=1S/C18H21ClN2O2S/c1-11(2)10-21-17(23)13-9-12(19)7-8-14(13)20-18(21)24-16-6-4-3-5-15(16)22/h7-9,11,16H,3-6,10H2,1-2H3/t16-/m0/s1. The first-order chi connectivity index (χ1) is 11.5. The summed E-state index contributed by atoms with van der Waals surface area (Å²) < 4.78 is 1.70. The lowest BCUT2D eigenvalue weighted by Crippen LogP contribution is -2.28. The van der Waals surface area contributed by atoms with Gasteiger partial charge in [-0.05, 0) is 37.0 Å². The minimum atomic E-state index is -0.0891. The van der Waals surface area contributed by atoms with Gasteiger partial charge in [0.2, 0.25) is 0 Å². The molecular formula is C18H21ClN2O2S. The number of carbonyl (C=O) groups excluding carboxylic acids is 1. The highest BCUT2D eigenvalue weighted by atomic mass is 35.5. The van der Waals surface area contributed by atoms with Gasteiger partial charge in [-0.25, -0.2) is 4.98 Å². The summed E-state index contributed by atoms with van der Waals surface area (Å²) in [7, 11) is 0. The SMILES string of the molecule is CC(C)Cn1c(S[C@H]2CCCCC2=O)nc2ccc(Cl)cc2c1=O. The normalized spacial score (nSPS) is 18.5. The molecule has 128 valence electrons. The molecule has 0 bridgehead atoms. The predicted molar refractivity (Wildman–Crippen MR) is 99.0 cm³/mol. The number of rotatable bonds is 4. The van der Waals surface area contributed by atoms with Crippen molar-refractivity contribution in [2.24, 2.45) is 5.92 Å². The Morgan fingerprint density at radius 3 is 2.83 bits per heavy atom. The monoisotopic (exact) mass is 364 g/mol. The Labute approximate surface area is 150 Å². The average molecular weight is 365 g/mol. The van der Waals surface area contributed by atoms with Gasteiger partial charge in [0.05, 0.1) is 16.2 Å². The number of thioether (sulfide) groups is 1. The number of nitrogens with zero attached hydrogens (tertiary/aromatic N) is 2. The zero-order chi connectivity index (χ0) is 17.3. The van der Waals surface area contributed by atoms with E-state index in [1.54, 1.807) is 22.8 Å². The van der Waals surface area contributed by atoms with Gasteiger partial charge in [-0.1, -0.05) is 43.6 Å². The lowest BCUT2D eigenvalue weighted by atomic mass is 9.99. The highest BCUT2D eigenvalue weighted by Gasteiger charge is 2.25. The Kier molecular flexibility index (Phi) is 5.30. The molecule has 1 aliphatic rings. The van der Waals surface area contributed by atoms with Crippen LogP contribution in [-0.4, -0.2) is 20.6 Å². The van der Waals surface area contributed by atoms with Crippen LogP contribution in [0.2, 0.25) is 5.02 Å². The maximum absolute atomic E-state index is 12.9. The van der Waals surface area contributed by atoms with Gasteiger partial charge >= 0.3 is 0 Å². The first-order valence-electron chi connectivity index (χ1n) is 8.35. The fraction of sp³-hybridized carbons (Fsp3) is 0.500. The Morgan fingerprint density at radius 1 is 1.33 bits per heavy atom. The Bertz CT molecular complexity index is 832. The van der Waals surface area contributed by atoms with Gasteiger partial charge in [0.1, 0.15) is 5.78 Å². The van der Waals surface area contributed by atoms with Crippen molar-refractivity contribution >= 4 is 40.0 Å². The predicted octanol–water partition coefficient (Wildman–Crippen LogP) is 4.31. The van der Waals surface area contributed by atoms with Gasteiger partial charge in [0.15, 0.2) is 5.16 Å². The first-order valence-corrected chi connectivity index (χ1v) is 9.61. The minimum Gasteiger partial charge on any atom is -0.298 e. The molecule has 1 heterocycles. The molecule has 24 heavy (non-hydrogen) atoms. The third kappa shape index (κ3) is 3.67. The van der Waals surface area contributed by atoms with Gasteiger partial charge in [-0.15, -0.1) is 0 Å². The van der Waals surface area contributed by atoms with Gasteiger partial charge in [-0.2, -0.15) is 0 Å². The highest BCUT2D eigenvalue weighted by molar-refractivity contribution is 8.00. The van der Waals surface area contributed by atoms with E-state index < -0.39 is 0 Å². The smallest absolute Gasteiger partial charge is 0.262 e. The van der Waals surface area contributed by atoms with Crippen LogP contribution in [-0.2, 0) is 11.3 Å². The van der Waals surface area contributed by atoms with Crippen molar-refractivity contribution in [1.29, 1.82) is 0 Å². The van der Waals surface area contributed by atoms with Crippen LogP contribution in [0, 0.1) is 5.92 Å². The number of halogens is 1. The Balaban J connectivity index is 2.08. The number of benzene rings is 1. The van der Waals surface area contributed by atoms with E-state index in [9.17, 15) is 9.59 Å². The molecule has 3 rings (SSSR count). The quantitative estimate of drug-likeness (QED) is 0.758. The molecule has 1 saturated carbocycles. The molecule has 4 nitrogen and oxygen atoms in total. The molecule has 0 spiro atoms. The van der Waals surface area contributed by atoms with Crippen molar-refractivity contribution in [3.8, 4) is 0 Å². The van der Waals surface area contributed by atoms with Crippen LogP contribution in [0.5, 0.6) is 0 Å². The largest absolute Gasteiger partial charge is 0.298 e. The molecule has 0 unspecified atom stereocenters. The molecule has 1 aromatic carbocycles. The summed E-state index contributed by atoms with van der Waals surface area (Å²) in [4.78, 5) is 29.8. The molecule has 0 N–H and O–H groups in total. The molecule has 1 atom stereocenters. The maximum atomic E-state index is 12.9. The van der Waals surface area contributed by atoms with Crippen LogP contribution in [0.1, 0.15) is 39.5 Å². The van der Waals surface area contributed by atoms with E-state index in [0.29, 0.717) is 40.0 Å². The number of carbonyl (C=O) groups is 1. The topological polar surface area (TPSA) is 52.0 Å². The summed E-state index contributed by atoms with van der Waals surface area (Å²) in [6.45, 7) is 4.71. The van der Waals surface area contributed by atoms with E-state index in [2.05, 4.69) is 18.8 Å². The van der Waals surface area contributed by atoms with Crippen LogP contribution < -0.4 is 5.56 Å². The number of fused-ring (bicyclic) bond motifs is 1. The molecule has 1 aliphatic carbocycles. The lowest BCUT2D eigenvalue weighted by Gasteiger charge is -2.22. The van der Waals surface area contributed by atoms with E-state index in [4.69, 9.17) is 11.6 Å². The summed E-state index contributed by atoms with van der Waals surface area (Å²) >= 11 is 7.48. The Morgan fingerprint density at radius 2 is 2.12 bits per heavy atom. The molecule has 6 heteroatoms. The van der Waals surface area contributed by atoms with E-state index in [1.807, 2.05) is 0 Å². The van der Waals surface area contributed by atoms with Gasteiger partial charge < -0.3 is 0 Å². The van der Waals surface area contributed by atoms with Crippen molar-refractivity contribution in [3.05, 3.63) is 33.6 Å². The summed E-state index contributed by atoms with van der Waals surface area (Å²) in [5.74, 6) is 0.579. The molecule has 1 fully saturated rings. The summed E-state index contributed by atoms with van der Waals surface area (Å²) in [5.41, 5.74) is 0.553. The summed E-state index contributed by atoms with van der Waals surface area (Å²) in [5, 5.41) is 1.61. The maximum Gasteiger partial charge on any atom is 0.262 e. The van der Waals surface area contributed by atoms with Gasteiger partial charge in [0, 0.05) is 18.0 Å². The summed E-state index contributed by atoms with van der Waals surface area (Å²) in [6, 6.07) is 5.18. The molecule has 0 aliphatic heterocycles. The van der Waals surface area contributed by atoms with E-state index >= 15 is 0 Å². The van der Waals surface area contributed by atoms with Crippen molar-refractivity contribution < 1.29 is 4.79 Å². The third-order valence-corrected chi connectivity index (χ3v) is 5.72. The molecule has 2 aromatic rings. The minimum absolute atomic E-state index is 0.0815. The zero-order valence-corrected chi connectivity index (χ0v) is 15.5. The third-order valence-electron chi connectivity index (χ3n) is 4.18. The van der Waals surface area contributed by atoms with E-state index in [0.717, 1.165) is 19.3 Å². The fourth-order valence-electron chi connectivity index (χ4n) is 2.99. The number of aromatic nitrogens is 2. The molecular weight excluding hydrogens is 344 g/mol. The van der Waals surface area contributed by atoms with Crippen LogP contribution in [0.15, 0.2) is 28.2 Å². The van der Waals surface area contributed by atoms with Crippen molar-refractivity contribution in [1.82, 2.24) is 9.55 Å². The number of ketones is 1. The van der Waals surface area contributed by atoms with Gasteiger partial charge in [-0.3, -0.25) is 14.2 Å². The second-order valence-electron chi connectivity index (χ2n) is 6.68. The zero-order valence-electron chi connectivity index (χ0n) is 13.9.